The number of carbonyl (C=O) groups is 2. The average molecular weight is 326 g/mol. The summed E-state index contributed by atoms with van der Waals surface area (Å²) in [6, 6.07) is 7.21. The fraction of sp³-hybridized carbons (Fsp3) is 0.600. The van der Waals surface area contributed by atoms with E-state index in [0.717, 1.165) is 17.8 Å². The number of benzene rings is 1. The molecule has 128 valence electrons. The van der Waals surface area contributed by atoms with E-state index in [2.05, 4.69) is 10.6 Å². The van der Waals surface area contributed by atoms with Crippen molar-refractivity contribution in [1.29, 1.82) is 0 Å². The number of Topliss-reactive ketones (excluding diaryl/α,β-unsaturated/α-hetero) is 1. The number of ketones is 1. The molecule has 4 heteroatoms. The predicted molar refractivity (Wildman–Crippen MR) is 94.0 cm³/mol. The van der Waals surface area contributed by atoms with Crippen LogP contribution in [0.3, 0.4) is 0 Å². The summed E-state index contributed by atoms with van der Waals surface area (Å²) in [6.45, 7) is 1.86. The fourth-order valence-electron chi connectivity index (χ4n) is 5.69. The highest BCUT2D eigenvalue weighted by Crippen LogP contribution is 2.55. The molecule has 1 aromatic carbocycles. The molecule has 0 spiro atoms. The lowest BCUT2D eigenvalue weighted by Gasteiger charge is -2.57. The van der Waals surface area contributed by atoms with Gasteiger partial charge in [0.2, 0.25) is 5.91 Å². The van der Waals surface area contributed by atoms with E-state index >= 15 is 0 Å². The van der Waals surface area contributed by atoms with Gasteiger partial charge in [0, 0.05) is 11.1 Å². The van der Waals surface area contributed by atoms with Crippen molar-refractivity contribution in [2.45, 2.75) is 51.0 Å². The third-order valence-electron chi connectivity index (χ3n) is 6.24. The topological polar surface area (TPSA) is 58.2 Å². The Morgan fingerprint density at radius 1 is 1.04 bits per heavy atom. The van der Waals surface area contributed by atoms with Gasteiger partial charge in [-0.3, -0.25) is 9.59 Å². The summed E-state index contributed by atoms with van der Waals surface area (Å²) < 4.78 is 0. The summed E-state index contributed by atoms with van der Waals surface area (Å²) >= 11 is 0. The van der Waals surface area contributed by atoms with Crippen LogP contribution < -0.4 is 10.6 Å². The molecule has 4 aliphatic rings. The first-order chi connectivity index (χ1) is 11.5. The van der Waals surface area contributed by atoms with Gasteiger partial charge in [0.05, 0.1) is 12.2 Å². The highest BCUT2D eigenvalue weighted by atomic mass is 16.2. The maximum atomic E-state index is 12.4. The van der Waals surface area contributed by atoms with Gasteiger partial charge in [0.1, 0.15) is 0 Å². The van der Waals surface area contributed by atoms with Crippen molar-refractivity contribution in [2.24, 2.45) is 17.8 Å². The van der Waals surface area contributed by atoms with E-state index in [1.165, 1.54) is 45.4 Å². The lowest BCUT2D eigenvalue weighted by Crippen LogP contribution is -2.59. The minimum absolute atomic E-state index is 0.0278. The molecule has 0 aliphatic heterocycles. The van der Waals surface area contributed by atoms with E-state index in [9.17, 15) is 9.59 Å². The molecule has 0 unspecified atom stereocenters. The average Bonchev–Trinajstić information content (AvgIpc) is 2.52. The second-order valence-electron chi connectivity index (χ2n) is 8.20. The standard InChI is InChI=1S/C20H26N2O2/c1-13(23)17-4-2-3-5-18(17)22-19(24)12-21-20-9-14-6-15(10-20)8-16(7-14)11-20/h2-5,14-16,21H,6-12H2,1H3,(H,22,24). The Morgan fingerprint density at radius 2 is 1.62 bits per heavy atom. The molecule has 4 nitrogen and oxygen atoms in total. The summed E-state index contributed by atoms with van der Waals surface area (Å²) in [6.07, 6.45) is 7.90. The minimum atomic E-state index is -0.0561. The Labute approximate surface area is 143 Å². The largest absolute Gasteiger partial charge is 0.324 e. The van der Waals surface area contributed by atoms with Gasteiger partial charge >= 0.3 is 0 Å². The van der Waals surface area contributed by atoms with Gasteiger partial charge < -0.3 is 10.6 Å². The van der Waals surface area contributed by atoms with Gasteiger partial charge in [0.15, 0.2) is 5.78 Å². The van der Waals surface area contributed by atoms with Crippen molar-refractivity contribution in [3.8, 4) is 0 Å². The van der Waals surface area contributed by atoms with Crippen molar-refractivity contribution >= 4 is 17.4 Å². The van der Waals surface area contributed by atoms with Crippen molar-refractivity contribution in [1.82, 2.24) is 5.32 Å². The Bertz CT molecular complexity index is 632. The van der Waals surface area contributed by atoms with Crippen LogP contribution in [0.25, 0.3) is 0 Å². The molecule has 4 fully saturated rings. The fourth-order valence-corrected chi connectivity index (χ4v) is 5.69. The smallest absolute Gasteiger partial charge is 0.238 e. The SMILES string of the molecule is CC(=O)c1ccccc1NC(=O)CNC12CC3CC(CC(C3)C1)C2. The molecule has 1 aromatic rings. The highest BCUT2D eigenvalue weighted by molar-refractivity contribution is 6.04. The number of para-hydroxylation sites is 1. The second kappa shape index (κ2) is 5.99. The normalized spacial score (nSPS) is 33.5. The van der Waals surface area contributed by atoms with Crippen LogP contribution in [-0.2, 0) is 4.79 Å². The lowest BCUT2D eigenvalue weighted by atomic mass is 9.53. The van der Waals surface area contributed by atoms with E-state index < -0.39 is 0 Å². The van der Waals surface area contributed by atoms with Crippen molar-refractivity contribution in [3.63, 3.8) is 0 Å². The van der Waals surface area contributed by atoms with Gasteiger partial charge in [-0.2, -0.15) is 0 Å². The first-order valence-corrected chi connectivity index (χ1v) is 9.18. The van der Waals surface area contributed by atoms with Crippen LogP contribution in [0.2, 0.25) is 0 Å². The molecule has 4 aliphatic carbocycles. The molecule has 24 heavy (non-hydrogen) atoms. The number of hydrogen-bond acceptors (Lipinski definition) is 3. The van der Waals surface area contributed by atoms with Crippen molar-refractivity contribution < 1.29 is 9.59 Å². The number of anilines is 1. The van der Waals surface area contributed by atoms with Gasteiger partial charge in [0.25, 0.3) is 0 Å². The van der Waals surface area contributed by atoms with E-state index in [4.69, 9.17) is 0 Å². The number of amides is 1. The number of nitrogens with one attached hydrogen (secondary N) is 2. The van der Waals surface area contributed by atoms with Gasteiger partial charge in [-0.15, -0.1) is 0 Å². The van der Waals surface area contributed by atoms with Crippen LogP contribution in [0.4, 0.5) is 5.69 Å². The molecular formula is C20H26N2O2. The summed E-state index contributed by atoms with van der Waals surface area (Å²) in [5.74, 6) is 2.51. The highest BCUT2D eigenvalue weighted by Gasteiger charge is 2.50. The first kappa shape index (κ1) is 15.8. The Balaban J connectivity index is 1.38. The van der Waals surface area contributed by atoms with Crippen molar-refractivity contribution in [3.05, 3.63) is 29.8 Å². The molecule has 0 atom stereocenters. The van der Waals surface area contributed by atoms with Crippen LogP contribution in [0.1, 0.15) is 55.8 Å². The molecule has 0 saturated heterocycles. The van der Waals surface area contributed by atoms with E-state index in [-0.39, 0.29) is 17.2 Å². The zero-order valence-electron chi connectivity index (χ0n) is 14.3. The van der Waals surface area contributed by atoms with Crippen LogP contribution in [0.15, 0.2) is 24.3 Å². The van der Waals surface area contributed by atoms with Crippen LogP contribution in [0, 0.1) is 17.8 Å². The maximum absolute atomic E-state index is 12.4. The lowest BCUT2D eigenvalue weighted by molar-refractivity contribution is -0.116. The van der Waals surface area contributed by atoms with Crippen molar-refractivity contribution in [2.75, 3.05) is 11.9 Å². The Morgan fingerprint density at radius 3 is 2.21 bits per heavy atom. The molecule has 5 rings (SSSR count). The summed E-state index contributed by atoms with van der Waals surface area (Å²) in [4.78, 5) is 24.1. The quantitative estimate of drug-likeness (QED) is 0.816. The Hall–Kier alpha value is -1.68. The number of hydrogen-bond donors (Lipinski definition) is 2. The van der Waals surface area contributed by atoms with Crippen LogP contribution in [0.5, 0.6) is 0 Å². The molecule has 0 heterocycles. The predicted octanol–water partition coefficient (Wildman–Crippen LogP) is 3.39. The molecule has 1 amide bonds. The van der Waals surface area contributed by atoms with E-state index in [0.29, 0.717) is 17.8 Å². The summed E-state index contributed by atoms with van der Waals surface area (Å²) in [5, 5.41) is 6.50. The zero-order chi connectivity index (χ0) is 16.7. The zero-order valence-corrected chi connectivity index (χ0v) is 14.3. The second-order valence-corrected chi connectivity index (χ2v) is 8.20. The summed E-state index contributed by atoms with van der Waals surface area (Å²) in [5.41, 5.74) is 1.37. The maximum Gasteiger partial charge on any atom is 0.238 e. The van der Waals surface area contributed by atoms with Crippen LogP contribution >= 0.6 is 0 Å². The van der Waals surface area contributed by atoms with E-state index in [1.54, 1.807) is 12.1 Å². The molecule has 4 saturated carbocycles. The van der Waals surface area contributed by atoms with Crippen LogP contribution in [-0.4, -0.2) is 23.8 Å². The molecule has 0 radical (unpaired) electrons. The monoisotopic (exact) mass is 326 g/mol. The third kappa shape index (κ3) is 3.00. The molecule has 4 bridgehead atoms. The van der Waals surface area contributed by atoms with Gasteiger partial charge in [-0.25, -0.2) is 0 Å². The van der Waals surface area contributed by atoms with E-state index in [1.807, 2.05) is 12.1 Å². The summed E-state index contributed by atoms with van der Waals surface area (Å²) in [7, 11) is 0. The minimum Gasteiger partial charge on any atom is -0.324 e. The van der Waals surface area contributed by atoms with Gasteiger partial charge in [-0.1, -0.05) is 12.1 Å². The molecule has 2 N–H and O–H groups in total. The molecular weight excluding hydrogens is 300 g/mol. The number of rotatable bonds is 5. The third-order valence-corrected chi connectivity index (χ3v) is 6.24. The number of carbonyl (C=O) groups excluding carboxylic acids is 2. The first-order valence-electron chi connectivity index (χ1n) is 9.18. The van der Waals surface area contributed by atoms with Gasteiger partial charge in [-0.05, 0) is 75.3 Å². The molecule has 0 aromatic heterocycles. The Kier molecular flexibility index (Phi) is 3.95.